The zero-order valence-electron chi connectivity index (χ0n) is 10.8. The molecule has 1 N–H and O–H groups in total. The lowest BCUT2D eigenvalue weighted by atomic mass is 10.5. The lowest BCUT2D eigenvalue weighted by molar-refractivity contribution is 0.287. The SMILES string of the molecule is [3H]n1ccc(OCc2ncoc2-n2nnn(C)c2=O)n1. The number of nitrogens with zero attached hydrogens (tertiary/aromatic N) is 6. The van der Waals surface area contributed by atoms with Crippen LogP contribution >= 0.6 is 0 Å². The molecule has 3 aromatic heterocycles. The Labute approximate surface area is 107 Å². The highest BCUT2D eigenvalue weighted by molar-refractivity contribution is 5.22. The lowest BCUT2D eigenvalue weighted by Gasteiger charge is -2.00. The van der Waals surface area contributed by atoms with Crippen LogP contribution in [-0.2, 0) is 13.7 Å². The zero-order chi connectivity index (χ0) is 14.1. The van der Waals surface area contributed by atoms with Crippen LogP contribution in [0.15, 0.2) is 27.9 Å². The summed E-state index contributed by atoms with van der Waals surface area (Å²) in [4.78, 5) is 15.7. The second-order valence-electron chi connectivity index (χ2n) is 3.56. The Morgan fingerprint density at radius 3 is 3.16 bits per heavy atom. The molecule has 0 aliphatic rings. The summed E-state index contributed by atoms with van der Waals surface area (Å²) >= 11 is 0. The van der Waals surface area contributed by atoms with Gasteiger partial charge < -0.3 is 9.15 Å². The maximum absolute atomic E-state index is 11.7. The van der Waals surface area contributed by atoms with Crippen molar-refractivity contribution in [3.8, 4) is 11.8 Å². The van der Waals surface area contributed by atoms with E-state index in [1.54, 1.807) is 0 Å². The van der Waals surface area contributed by atoms with Crippen LogP contribution in [-0.4, -0.2) is 35.0 Å². The smallest absolute Gasteiger partial charge is 0.370 e. The normalized spacial score (nSPS) is 11.5. The average molecular weight is 265 g/mol. The number of hydrogen-bond donors (Lipinski definition) is 1. The molecule has 3 rings (SSSR count). The van der Waals surface area contributed by atoms with Crippen molar-refractivity contribution in [1.82, 2.24) is 35.0 Å². The number of tetrazole rings is 1. The summed E-state index contributed by atoms with van der Waals surface area (Å²) in [6.07, 6.45) is 2.60. The monoisotopic (exact) mass is 265 g/mol. The van der Waals surface area contributed by atoms with Crippen LogP contribution in [0.1, 0.15) is 5.69 Å². The minimum Gasteiger partial charge on any atom is -0.470 e. The number of aromatic nitrogens is 7. The number of hydrogen-bond acceptors (Lipinski definition) is 7. The minimum absolute atomic E-state index is 0.0197. The molecule has 0 aliphatic heterocycles. The van der Waals surface area contributed by atoms with Crippen molar-refractivity contribution in [3.63, 3.8) is 0 Å². The molecule has 0 fully saturated rings. The van der Waals surface area contributed by atoms with Crippen LogP contribution in [0.3, 0.4) is 0 Å². The van der Waals surface area contributed by atoms with Crippen molar-refractivity contribution in [1.29, 1.82) is 0 Å². The van der Waals surface area contributed by atoms with E-state index in [1.807, 2.05) is 0 Å². The Morgan fingerprint density at radius 1 is 1.58 bits per heavy atom. The molecule has 0 saturated heterocycles. The quantitative estimate of drug-likeness (QED) is 0.659. The van der Waals surface area contributed by atoms with E-state index >= 15 is 0 Å². The topological polar surface area (TPSA) is 117 Å². The summed E-state index contributed by atoms with van der Waals surface area (Å²) in [7, 11) is 1.47. The molecule has 0 atom stereocenters. The van der Waals surface area contributed by atoms with E-state index in [9.17, 15) is 4.79 Å². The highest BCUT2D eigenvalue weighted by atomic mass is 16.5. The molecule has 0 unspecified atom stereocenters. The Kier molecular flexibility index (Phi) is 2.33. The molecule has 0 aromatic carbocycles. The van der Waals surface area contributed by atoms with E-state index in [2.05, 4.69) is 20.5 Å². The molecule has 3 heterocycles. The average Bonchev–Trinajstić information content (AvgIpc) is 3.11. The number of ether oxygens (including phenoxy) is 1. The number of oxazole rings is 1. The highest BCUT2D eigenvalue weighted by Gasteiger charge is 2.16. The first-order chi connectivity index (χ1) is 9.65. The molecule has 0 bridgehead atoms. The van der Waals surface area contributed by atoms with Gasteiger partial charge in [-0.1, -0.05) is 0 Å². The number of aromatic amines is 1. The summed E-state index contributed by atoms with van der Waals surface area (Å²) in [5.74, 6) is 0.397. The van der Waals surface area contributed by atoms with Crippen molar-refractivity contribution in [2.45, 2.75) is 6.61 Å². The largest absolute Gasteiger partial charge is 0.470 e. The first-order valence-corrected chi connectivity index (χ1v) is 5.24. The van der Waals surface area contributed by atoms with Gasteiger partial charge in [0, 0.05) is 19.3 Å². The van der Waals surface area contributed by atoms with Crippen molar-refractivity contribution >= 4 is 0 Å². The van der Waals surface area contributed by atoms with Gasteiger partial charge in [-0.3, -0.25) is 5.09 Å². The molecule has 0 radical (unpaired) electrons. The highest BCUT2D eigenvalue weighted by Crippen LogP contribution is 2.12. The fraction of sp³-hybridized carbons (Fsp3) is 0.222. The molecule has 0 spiro atoms. The molecule has 0 amide bonds. The van der Waals surface area contributed by atoms with Crippen LogP contribution in [0.5, 0.6) is 5.88 Å². The van der Waals surface area contributed by atoms with Gasteiger partial charge in [-0.25, -0.2) is 9.78 Å². The number of rotatable bonds is 4. The molecule has 19 heavy (non-hydrogen) atoms. The van der Waals surface area contributed by atoms with E-state index < -0.39 is 5.69 Å². The summed E-state index contributed by atoms with van der Waals surface area (Å²) in [5.41, 5.74) is -0.0921. The Bertz CT molecular complexity index is 785. The van der Waals surface area contributed by atoms with Gasteiger partial charge in [0.2, 0.25) is 5.88 Å². The van der Waals surface area contributed by atoms with Gasteiger partial charge in [0.1, 0.15) is 12.3 Å². The zero-order valence-corrected chi connectivity index (χ0v) is 9.79. The second-order valence-corrected chi connectivity index (χ2v) is 3.56. The maximum atomic E-state index is 11.7. The summed E-state index contributed by atoms with van der Waals surface area (Å²) in [5, 5.41) is 11.8. The van der Waals surface area contributed by atoms with Crippen LogP contribution < -0.4 is 10.4 Å². The van der Waals surface area contributed by atoms with E-state index in [4.69, 9.17) is 10.6 Å². The third-order valence-electron chi connectivity index (χ3n) is 2.33. The summed E-state index contributed by atoms with van der Waals surface area (Å²) < 4.78 is 19.7. The van der Waals surface area contributed by atoms with Gasteiger partial charge in [0.15, 0.2) is 7.81 Å². The molecular weight excluding hydrogens is 254 g/mol. The van der Waals surface area contributed by atoms with Crippen molar-refractivity contribution in [3.05, 3.63) is 34.8 Å². The fourth-order valence-electron chi connectivity index (χ4n) is 1.42. The van der Waals surface area contributed by atoms with E-state index in [1.165, 1.54) is 25.7 Å². The molecular formula is C9H9N7O3. The first-order valence-electron chi connectivity index (χ1n) is 5.69. The van der Waals surface area contributed by atoms with Gasteiger partial charge in [0.25, 0.3) is 5.88 Å². The fourth-order valence-corrected chi connectivity index (χ4v) is 1.42. The van der Waals surface area contributed by atoms with Crippen molar-refractivity contribution in [2.24, 2.45) is 7.05 Å². The first kappa shape index (κ1) is 10.1. The van der Waals surface area contributed by atoms with Crippen molar-refractivity contribution < 1.29 is 10.6 Å². The molecule has 10 heteroatoms. The van der Waals surface area contributed by atoms with Gasteiger partial charge in [-0.2, -0.15) is 4.68 Å². The van der Waals surface area contributed by atoms with E-state index in [0.717, 1.165) is 14.5 Å². The van der Waals surface area contributed by atoms with Crippen LogP contribution in [0.25, 0.3) is 5.88 Å². The van der Waals surface area contributed by atoms with E-state index in [-0.39, 0.29) is 18.4 Å². The second kappa shape index (κ2) is 4.40. The summed E-state index contributed by atoms with van der Waals surface area (Å²) in [6, 6.07) is 1.53. The predicted molar refractivity (Wildman–Crippen MR) is 59.6 cm³/mol. The molecule has 3 aromatic rings. The van der Waals surface area contributed by atoms with Crippen molar-refractivity contribution in [2.75, 3.05) is 0 Å². The minimum atomic E-state index is -0.460. The molecule has 10 nitrogen and oxygen atoms in total. The molecule has 0 aliphatic carbocycles. The number of nitrogens with one attached hydrogen (secondary N) is 1. The van der Waals surface area contributed by atoms with Crippen LogP contribution in [0.2, 0.25) is 1.41 Å². The number of aryl methyl sites for hydroxylation is 1. The maximum Gasteiger partial charge on any atom is 0.370 e. The Balaban J connectivity index is 1.83. The van der Waals surface area contributed by atoms with Crippen LogP contribution in [0, 0.1) is 0 Å². The van der Waals surface area contributed by atoms with E-state index in [0.29, 0.717) is 5.69 Å². The van der Waals surface area contributed by atoms with Crippen LogP contribution in [0.4, 0.5) is 0 Å². The van der Waals surface area contributed by atoms with Gasteiger partial charge in [-0.15, -0.1) is 9.78 Å². The Hall–Kier alpha value is -2.91. The van der Waals surface area contributed by atoms with Gasteiger partial charge >= 0.3 is 5.69 Å². The van der Waals surface area contributed by atoms with Gasteiger partial charge in [-0.05, 0) is 10.4 Å². The predicted octanol–water partition coefficient (Wildman–Crippen LogP) is -0.744. The summed E-state index contributed by atoms with van der Waals surface area (Å²) in [6.45, 7) is 0.0197. The lowest BCUT2D eigenvalue weighted by Crippen LogP contribution is -2.22. The molecule has 98 valence electrons. The Morgan fingerprint density at radius 2 is 2.47 bits per heavy atom. The third kappa shape index (κ3) is 1.99. The third-order valence-corrected chi connectivity index (χ3v) is 2.33. The van der Waals surface area contributed by atoms with Gasteiger partial charge in [0.05, 0.1) is 0 Å². The number of H-pyrrole nitrogens is 1. The molecule has 0 saturated carbocycles. The standard InChI is InChI=1S/C9H9N7O3/c1-15-9(17)16(14-13-15)8-6(10-5-19-8)4-18-7-2-3-11-12-7/h2-3,5H,4H2,1H3,(H,11,12)/i/hT.